The number of rotatable bonds is 4. The van der Waals surface area contributed by atoms with E-state index in [9.17, 15) is 4.79 Å². The number of urea groups is 1. The lowest BCUT2D eigenvalue weighted by molar-refractivity contribution is 0.0815. The largest absolute Gasteiger partial charge is 0.376 e. The normalized spacial score (nSPS) is 19.1. The molecule has 1 aromatic carbocycles. The number of aromatic nitrogens is 2. The summed E-state index contributed by atoms with van der Waals surface area (Å²) in [4.78, 5) is 12.1. The predicted molar refractivity (Wildman–Crippen MR) is 78.9 cm³/mol. The molecule has 6 nitrogen and oxygen atoms in total. The fourth-order valence-corrected chi connectivity index (χ4v) is 2.54. The van der Waals surface area contributed by atoms with Gasteiger partial charge in [-0.2, -0.15) is 5.10 Å². The van der Waals surface area contributed by atoms with Gasteiger partial charge in [0, 0.05) is 12.8 Å². The Bertz CT molecular complexity index is 565. The molecular weight excluding hydrogens is 268 g/mol. The molecule has 0 saturated carbocycles. The van der Waals surface area contributed by atoms with Gasteiger partial charge in [0.15, 0.2) is 0 Å². The number of aromatic amines is 1. The van der Waals surface area contributed by atoms with Crippen molar-refractivity contribution in [3.8, 4) is 0 Å². The lowest BCUT2D eigenvalue weighted by Gasteiger charge is -2.24. The molecule has 3 rings (SSSR count). The van der Waals surface area contributed by atoms with Crippen molar-refractivity contribution in [2.24, 2.45) is 0 Å². The molecule has 21 heavy (non-hydrogen) atoms. The fraction of sp³-hybridized carbons (Fsp3) is 0.333. The molecule has 2 amide bonds. The number of hydrogen-bond donors (Lipinski definition) is 3. The van der Waals surface area contributed by atoms with Gasteiger partial charge in [-0.15, -0.1) is 0 Å². The molecule has 2 aromatic rings. The third-order valence-electron chi connectivity index (χ3n) is 3.54. The summed E-state index contributed by atoms with van der Waals surface area (Å²) in [6.07, 6.45) is 5.18. The highest BCUT2D eigenvalue weighted by atomic mass is 16.5. The van der Waals surface area contributed by atoms with E-state index < -0.39 is 0 Å². The number of carbonyl (C=O) groups excluding carboxylic acids is 1. The quantitative estimate of drug-likeness (QED) is 0.807. The van der Waals surface area contributed by atoms with E-state index in [4.69, 9.17) is 4.74 Å². The highest BCUT2D eigenvalue weighted by Gasteiger charge is 2.28. The zero-order valence-corrected chi connectivity index (χ0v) is 11.6. The molecule has 3 N–H and O–H groups in total. The summed E-state index contributed by atoms with van der Waals surface area (Å²) < 4.78 is 5.74. The minimum absolute atomic E-state index is 0.0162. The van der Waals surface area contributed by atoms with Gasteiger partial charge in [0.1, 0.15) is 0 Å². The van der Waals surface area contributed by atoms with Crippen molar-refractivity contribution in [2.75, 3.05) is 11.9 Å². The second-order valence-corrected chi connectivity index (χ2v) is 5.03. The maximum atomic E-state index is 12.1. The molecule has 1 saturated heterocycles. The second kappa shape index (κ2) is 6.41. The molecule has 1 aliphatic heterocycles. The minimum atomic E-state index is -0.263. The van der Waals surface area contributed by atoms with E-state index in [2.05, 4.69) is 20.8 Å². The van der Waals surface area contributed by atoms with Crippen LogP contribution in [0.5, 0.6) is 0 Å². The van der Waals surface area contributed by atoms with Crippen LogP contribution < -0.4 is 10.6 Å². The van der Waals surface area contributed by atoms with Gasteiger partial charge in [-0.1, -0.05) is 30.3 Å². The van der Waals surface area contributed by atoms with Crippen LogP contribution in [0.15, 0.2) is 42.7 Å². The lowest BCUT2D eigenvalue weighted by Crippen LogP contribution is -2.38. The molecule has 0 radical (unpaired) electrons. The average molecular weight is 286 g/mol. The van der Waals surface area contributed by atoms with Crippen molar-refractivity contribution in [3.05, 3.63) is 48.3 Å². The Kier molecular flexibility index (Phi) is 4.16. The molecule has 6 heteroatoms. The number of amides is 2. The topological polar surface area (TPSA) is 79.0 Å². The van der Waals surface area contributed by atoms with Crippen LogP contribution >= 0.6 is 0 Å². The molecule has 0 bridgehead atoms. The van der Waals surface area contributed by atoms with E-state index in [-0.39, 0.29) is 18.2 Å². The van der Waals surface area contributed by atoms with Crippen LogP contribution in [0.3, 0.4) is 0 Å². The summed E-state index contributed by atoms with van der Waals surface area (Å²) in [7, 11) is 0. The number of anilines is 1. The van der Waals surface area contributed by atoms with Crippen molar-refractivity contribution in [2.45, 2.75) is 25.0 Å². The van der Waals surface area contributed by atoms with Crippen LogP contribution in [0.4, 0.5) is 10.5 Å². The lowest BCUT2D eigenvalue weighted by atomic mass is 9.99. The van der Waals surface area contributed by atoms with Crippen LogP contribution in [0.25, 0.3) is 0 Å². The van der Waals surface area contributed by atoms with E-state index in [1.165, 1.54) is 0 Å². The highest BCUT2D eigenvalue weighted by molar-refractivity contribution is 5.89. The predicted octanol–water partition coefficient (Wildman–Crippen LogP) is 2.45. The molecule has 1 aromatic heterocycles. The van der Waals surface area contributed by atoms with Crippen LogP contribution in [0, 0.1) is 0 Å². The van der Waals surface area contributed by atoms with Gasteiger partial charge in [-0.25, -0.2) is 4.79 Å². The zero-order chi connectivity index (χ0) is 14.5. The van der Waals surface area contributed by atoms with E-state index in [1.807, 2.05) is 30.3 Å². The van der Waals surface area contributed by atoms with Crippen molar-refractivity contribution in [3.63, 3.8) is 0 Å². The first kappa shape index (κ1) is 13.6. The molecule has 2 atom stereocenters. The Balaban J connectivity index is 1.71. The molecule has 0 aliphatic carbocycles. The molecule has 110 valence electrons. The van der Waals surface area contributed by atoms with Crippen LogP contribution in [-0.2, 0) is 4.74 Å². The van der Waals surface area contributed by atoms with E-state index >= 15 is 0 Å². The number of nitrogens with one attached hydrogen (secondary N) is 3. The van der Waals surface area contributed by atoms with Crippen molar-refractivity contribution in [1.82, 2.24) is 15.5 Å². The maximum absolute atomic E-state index is 12.1. The van der Waals surface area contributed by atoms with E-state index in [0.29, 0.717) is 5.69 Å². The number of H-pyrrole nitrogens is 1. The molecular formula is C15H18N4O2. The van der Waals surface area contributed by atoms with Crippen molar-refractivity contribution >= 4 is 11.7 Å². The van der Waals surface area contributed by atoms with Crippen LogP contribution in [0.1, 0.15) is 24.4 Å². The molecule has 1 fully saturated rings. The summed E-state index contributed by atoms with van der Waals surface area (Å²) >= 11 is 0. The summed E-state index contributed by atoms with van der Waals surface area (Å²) in [5.41, 5.74) is 1.68. The molecule has 0 unspecified atom stereocenters. The van der Waals surface area contributed by atoms with Crippen LogP contribution in [-0.4, -0.2) is 28.9 Å². The Morgan fingerprint density at radius 3 is 2.90 bits per heavy atom. The average Bonchev–Trinajstić information content (AvgIpc) is 3.19. The molecule has 2 heterocycles. The first-order chi connectivity index (χ1) is 10.3. The number of nitrogens with zero attached hydrogens (tertiary/aromatic N) is 1. The Morgan fingerprint density at radius 1 is 1.38 bits per heavy atom. The summed E-state index contributed by atoms with van der Waals surface area (Å²) in [6.45, 7) is 0.749. The summed E-state index contributed by atoms with van der Waals surface area (Å²) in [6, 6.07) is 9.48. The smallest absolute Gasteiger partial charge is 0.319 e. The first-order valence-corrected chi connectivity index (χ1v) is 7.06. The number of ether oxygens (including phenoxy) is 1. The highest BCUT2D eigenvalue weighted by Crippen LogP contribution is 2.26. The zero-order valence-electron chi connectivity index (χ0n) is 11.6. The summed E-state index contributed by atoms with van der Waals surface area (Å²) in [5, 5.41) is 12.2. The van der Waals surface area contributed by atoms with Gasteiger partial charge in [-0.05, 0) is 18.4 Å². The summed E-state index contributed by atoms with van der Waals surface area (Å²) in [5.74, 6) is 0. The number of carbonyl (C=O) groups is 1. The van der Waals surface area contributed by atoms with Gasteiger partial charge in [-0.3, -0.25) is 5.10 Å². The van der Waals surface area contributed by atoms with Gasteiger partial charge in [0.2, 0.25) is 0 Å². The Labute approximate surface area is 122 Å². The standard InChI is InChI=1S/C15H18N4O2/c20-15(18-12-9-16-17-10-12)19-14(13-7-4-8-21-13)11-5-2-1-3-6-11/h1-3,5-6,9-10,13-14H,4,7-8H2,(H,16,17)(H2,18,19,20)/t13-,14+/m0/s1. The SMILES string of the molecule is O=C(Nc1cn[nH]c1)N[C@H](c1ccccc1)[C@@H]1CCCO1. The van der Waals surface area contributed by atoms with Gasteiger partial charge in [0.05, 0.1) is 24.0 Å². The van der Waals surface area contributed by atoms with Gasteiger partial charge in [0.25, 0.3) is 0 Å². The van der Waals surface area contributed by atoms with E-state index in [0.717, 1.165) is 25.0 Å². The monoisotopic (exact) mass is 286 g/mol. The van der Waals surface area contributed by atoms with Crippen molar-refractivity contribution < 1.29 is 9.53 Å². The van der Waals surface area contributed by atoms with Crippen LogP contribution in [0.2, 0.25) is 0 Å². The van der Waals surface area contributed by atoms with Gasteiger partial charge < -0.3 is 15.4 Å². The third kappa shape index (κ3) is 3.41. The first-order valence-electron chi connectivity index (χ1n) is 7.06. The number of benzene rings is 1. The minimum Gasteiger partial charge on any atom is -0.376 e. The Morgan fingerprint density at radius 2 is 2.24 bits per heavy atom. The number of hydrogen-bond acceptors (Lipinski definition) is 3. The molecule has 0 spiro atoms. The maximum Gasteiger partial charge on any atom is 0.319 e. The van der Waals surface area contributed by atoms with E-state index in [1.54, 1.807) is 12.4 Å². The fourth-order valence-electron chi connectivity index (χ4n) is 2.54. The third-order valence-corrected chi connectivity index (χ3v) is 3.54. The molecule has 1 aliphatic rings. The van der Waals surface area contributed by atoms with Gasteiger partial charge >= 0.3 is 6.03 Å². The van der Waals surface area contributed by atoms with Crippen molar-refractivity contribution in [1.29, 1.82) is 0 Å². The Hall–Kier alpha value is -2.34. The second-order valence-electron chi connectivity index (χ2n) is 5.03.